The number of nitrogens with zero attached hydrogens (tertiary/aromatic N) is 2. The summed E-state index contributed by atoms with van der Waals surface area (Å²) in [5.74, 6) is 0. The minimum Gasteiger partial charge on any atom is -0.310 e. The smallest absolute Gasteiger partial charge is 0.0547 e. The Labute approximate surface area is 344 Å². The zero-order valence-electron chi connectivity index (χ0n) is 33.0. The van der Waals surface area contributed by atoms with Crippen LogP contribution < -0.4 is 4.90 Å². The van der Waals surface area contributed by atoms with Gasteiger partial charge in [-0.3, -0.25) is 0 Å². The molecule has 0 bridgehead atoms. The lowest BCUT2D eigenvalue weighted by Crippen LogP contribution is -2.16. The molecule has 0 amide bonds. The van der Waals surface area contributed by atoms with Crippen molar-refractivity contribution in [2.75, 3.05) is 4.90 Å². The lowest BCUT2D eigenvalue weighted by atomic mass is 9.82. The lowest BCUT2D eigenvalue weighted by Gasteiger charge is -2.28. The molecule has 278 valence electrons. The van der Waals surface area contributed by atoms with Crippen LogP contribution in [0.3, 0.4) is 0 Å². The minimum absolute atomic E-state index is 0.103. The van der Waals surface area contributed by atoms with Gasteiger partial charge in [-0.05, 0) is 127 Å². The third-order valence-electron chi connectivity index (χ3n) is 12.9. The highest BCUT2D eigenvalue weighted by Gasteiger charge is 2.35. The van der Waals surface area contributed by atoms with E-state index in [1.165, 1.54) is 87.9 Å². The van der Waals surface area contributed by atoms with Gasteiger partial charge in [0.1, 0.15) is 0 Å². The molecular formula is C57H40N2. The van der Waals surface area contributed by atoms with Crippen LogP contribution in [-0.4, -0.2) is 4.57 Å². The average Bonchev–Trinajstić information content (AvgIpc) is 3.75. The van der Waals surface area contributed by atoms with Gasteiger partial charge in [0.2, 0.25) is 0 Å². The normalized spacial score (nSPS) is 13.1. The van der Waals surface area contributed by atoms with E-state index in [4.69, 9.17) is 0 Å². The Kier molecular flexibility index (Phi) is 7.31. The summed E-state index contributed by atoms with van der Waals surface area (Å²) in [6.45, 7) is 4.71. The maximum absolute atomic E-state index is 2.43. The monoisotopic (exact) mass is 752 g/mol. The van der Waals surface area contributed by atoms with Gasteiger partial charge in [0, 0.05) is 38.9 Å². The summed E-state index contributed by atoms with van der Waals surface area (Å²) in [7, 11) is 0. The van der Waals surface area contributed by atoms with Crippen molar-refractivity contribution >= 4 is 60.4 Å². The molecule has 0 atom stereocenters. The zero-order valence-corrected chi connectivity index (χ0v) is 33.0. The van der Waals surface area contributed by atoms with E-state index < -0.39 is 0 Å². The maximum atomic E-state index is 2.43. The fraction of sp³-hybridized carbons (Fsp3) is 0.0526. The second kappa shape index (κ2) is 12.8. The molecule has 0 N–H and O–H groups in total. The summed E-state index contributed by atoms with van der Waals surface area (Å²) in [6, 6.07) is 76.1. The molecule has 1 aromatic heterocycles. The molecule has 11 aromatic rings. The third-order valence-corrected chi connectivity index (χ3v) is 12.9. The van der Waals surface area contributed by atoms with Gasteiger partial charge in [-0.25, -0.2) is 0 Å². The summed E-state index contributed by atoms with van der Waals surface area (Å²) >= 11 is 0. The molecule has 0 saturated carbocycles. The number of fused-ring (bicyclic) bond motifs is 4. The van der Waals surface area contributed by atoms with Crippen molar-refractivity contribution in [3.05, 3.63) is 217 Å². The summed E-state index contributed by atoms with van der Waals surface area (Å²) in [5.41, 5.74) is 17.2. The van der Waals surface area contributed by atoms with Crippen molar-refractivity contribution in [1.29, 1.82) is 0 Å². The van der Waals surface area contributed by atoms with E-state index in [1.54, 1.807) is 0 Å². The highest BCUT2D eigenvalue weighted by Crippen LogP contribution is 2.51. The molecular weight excluding hydrogens is 713 g/mol. The predicted molar refractivity (Wildman–Crippen MR) is 250 cm³/mol. The van der Waals surface area contributed by atoms with Crippen LogP contribution in [0.2, 0.25) is 0 Å². The molecule has 0 unspecified atom stereocenters. The predicted octanol–water partition coefficient (Wildman–Crippen LogP) is 15.6. The van der Waals surface area contributed by atoms with Crippen LogP contribution >= 0.6 is 0 Å². The van der Waals surface area contributed by atoms with E-state index >= 15 is 0 Å². The molecule has 10 aromatic carbocycles. The van der Waals surface area contributed by atoms with Crippen molar-refractivity contribution in [3.8, 4) is 39.1 Å². The van der Waals surface area contributed by atoms with E-state index in [2.05, 4.69) is 230 Å². The fourth-order valence-electron chi connectivity index (χ4n) is 10.1. The Balaban J connectivity index is 0.959. The van der Waals surface area contributed by atoms with Crippen molar-refractivity contribution < 1.29 is 0 Å². The highest BCUT2D eigenvalue weighted by atomic mass is 15.1. The van der Waals surface area contributed by atoms with E-state index in [9.17, 15) is 0 Å². The number of benzene rings is 10. The first-order valence-corrected chi connectivity index (χ1v) is 20.6. The second-order valence-corrected chi connectivity index (χ2v) is 16.6. The van der Waals surface area contributed by atoms with Gasteiger partial charge in [-0.15, -0.1) is 0 Å². The average molecular weight is 753 g/mol. The van der Waals surface area contributed by atoms with Gasteiger partial charge in [0.25, 0.3) is 0 Å². The first-order chi connectivity index (χ1) is 29.0. The van der Waals surface area contributed by atoms with E-state index in [0.717, 1.165) is 22.7 Å². The van der Waals surface area contributed by atoms with Gasteiger partial charge in [-0.1, -0.05) is 159 Å². The number of anilines is 3. The summed E-state index contributed by atoms with van der Waals surface area (Å²) in [5, 5.41) is 7.74. The van der Waals surface area contributed by atoms with Crippen molar-refractivity contribution in [1.82, 2.24) is 4.57 Å². The number of rotatable bonds is 6. The molecule has 2 heteroatoms. The lowest BCUT2D eigenvalue weighted by molar-refractivity contribution is 0.660. The standard InChI is InChI=1S/C57H40N2/c1-57(2)51-20-6-5-18-49(51)50-34-33-46(36-52(50)57)58(44-31-27-39(28-32-44)48-19-8-12-38-11-3-4-17-47(38)48)43-29-25-37(26-30-43)42-15-7-16-45(35-42)59-53-21-9-13-40-23-24-41-14-10-22-54(59)56(41)55(40)53/h3-36H,1-2H3. The van der Waals surface area contributed by atoms with Crippen LogP contribution in [-0.2, 0) is 5.41 Å². The van der Waals surface area contributed by atoms with Gasteiger partial charge in [0.15, 0.2) is 0 Å². The summed E-state index contributed by atoms with van der Waals surface area (Å²) in [6.07, 6.45) is 0. The summed E-state index contributed by atoms with van der Waals surface area (Å²) in [4.78, 5) is 2.41. The van der Waals surface area contributed by atoms with E-state index in [-0.39, 0.29) is 5.41 Å². The number of hydrogen-bond acceptors (Lipinski definition) is 1. The molecule has 0 spiro atoms. The van der Waals surface area contributed by atoms with Gasteiger partial charge >= 0.3 is 0 Å². The van der Waals surface area contributed by atoms with E-state index in [0.29, 0.717) is 0 Å². The van der Waals surface area contributed by atoms with Crippen LogP contribution in [0.25, 0.3) is 82.4 Å². The van der Waals surface area contributed by atoms with Gasteiger partial charge < -0.3 is 9.47 Å². The first-order valence-electron chi connectivity index (χ1n) is 20.6. The molecule has 2 nitrogen and oxygen atoms in total. The Morgan fingerprint density at radius 2 is 0.932 bits per heavy atom. The largest absolute Gasteiger partial charge is 0.310 e. The van der Waals surface area contributed by atoms with Gasteiger partial charge in [-0.2, -0.15) is 0 Å². The van der Waals surface area contributed by atoms with Crippen LogP contribution in [0, 0.1) is 0 Å². The van der Waals surface area contributed by atoms with Crippen LogP contribution in [0.5, 0.6) is 0 Å². The molecule has 0 radical (unpaired) electrons. The SMILES string of the molecule is CC1(C)c2ccccc2-c2ccc(N(c3ccc(-c4cccc(-n5c6cccc7ccc8cccc5c8c76)c4)cc3)c3ccc(-c4cccc5ccccc45)cc3)cc21. The molecule has 1 aliphatic carbocycles. The molecule has 0 fully saturated rings. The quantitative estimate of drug-likeness (QED) is 0.154. The van der Waals surface area contributed by atoms with E-state index in [1.807, 2.05) is 0 Å². The van der Waals surface area contributed by atoms with Crippen LogP contribution in [0.1, 0.15) is 25.0 Å². The van der Waals surface area contributed by atoms with Crippen molar-refractivity contribution in [2.24, 2.45) is 0 Å². The topological polar surface area (TPSA) is 8.17 Å². The highest BCUT2D eigenvalue weighted by molar-refractivity contribution is 6.24. The van der Waals surface area contributed by atoms with Gasteiger partial charge in [0.05, 0.1) is 11.0 Å². The number of hydrogen-bond donors (Lipinski definition) is 0. The fourth-order valence-corrected chi connectivity index (χ4v) is 10.1. The zero-order chi connectivity index (χ0) is 39.2. The maximum Gasteiger partial charge on any atom is 0.0547 e. The Hall–Kier alpha value is -7.42. The minimum atomic E-state index is -0.103. The second-order valence-electron chi connectivity index (χ2n) is 16.6. The van der Waals surface area contributed by atoms with Crippen molar-refractivity contribution in [2.45, 2.75) is 19.3 Å². The van der Waals surface area contributed by atoms with Crippen molar-refractivity contribution in [3.63, 3.8) is 0 Å². The van der Waals surface area contributed by atoms with Crippen LogP contribution in [0.15, 0.2) is 206 Å². The Morgan fingerprint density at radius 1 is 0.373 bits per heavy atom. The molecule has 12 rings (SSSR count). The number of aromatic nitrogens is 1. The summed E-state index contributed by atoms with van der Waals surface area (Å²) < 4.78 is 2.43. The molecule has 0 saturated heterocycles. The third kappa shape index (κ3) is 5.13. The molecule has 59 heavy (non-hydrogen) atoms. The van der Waals surface area contributed by atoms with Crippen LogP contribution in [0.4, 0.5) is 17.1 Å². The Bertz CT molecular complexity index is 3330. The molecule has 0 aliphatic heterocycles. The molecule has 1 aliphatic rings. The Morgan fingerprint density at radius 3 is 1.68 bits per heavy atom. The first kappa shape index (κ1) is 33.7. The molecule has 1 heterocycles.